The maximum Gasteiger partial charge on any atom is 0.271 e. The van der Waals surface area contributed by atoms with Crippen LogP contribution in [-0.4, -0.2) is 72.8 Å². The number of amides is 1. The molecule has 3 heterocycles. The van der Waals surface area contributed by atoms with Crippen LogP contribution in [0.5, 0.6) is 11.5 Å². The normalized spacial score (nSPS) is 15.7. The van der Waals surface area contributed by atoms with E-state index in [1.54, 1.807) is 0 Å². The number of fused-ring (bicyclic) bond motifs is 1. The maximum atomic E-state index is 13.0. The van der Waals surface area contributed by atoms with Crippen LogP contribution in [0.2, 0.25) is 0 Å². The van der Waals surface area contributed by atoms with Gasteiger partial charge in [-0.1, -0.05) is 12.1 Å². The van der Waals surface area contributed by atoms with E-state index in [0.717, 1.165) is 61.4 Å². The highest BCUT2D eigenvalue weighted by Crippen LogP contribution is 2.33. The number of anilines is 1. The molecule has 1 aromatic heterocycles. The molecule has 3 aromatic rings. The molecular formula is C28H35N5O3. The number of carbonyl (C=O) groups is 1. The molecule has 0 saturated carbocycles. The van der Waals surface area contributed by atoms with Gasteiger partial charge in [0.25, 0.3) is 5.91 Å². The molecule has 1 N–H and O–H groups in total. The van der Waals surface area contributed by atoms with Crippen LogP contribution in [0.1, 0.15) is 33.1 Å². The van der Waals surface area contributed by atoms with Gasteiger partial charge in [-0.15, -0.1) is 0 Å². The molecule has 0 bridgehead atoms. The summed E-state index contributed by atoms with van der Waals surface area (Å²) in [4.78, 5) is 22.4. The average molecular weight is 490 g/mol. The van der Waals surface area contributed by atoms with Crippen LogP contribution in [0.15, 0.2) is 36.4 Å². The summed E-state index contributed by atoms with van der Waals surface area (Å²) in [6.45, 7) is 14.7. The first kappa shape index (κ1) is 24.2. The predicted molar refractivity (Wildman–Crippen MR) is 141 cm³/mol. The van der Waals surface area contributed by atoms with Crippen molar-refractivity contribution in [3.05, 3.63) is 64.7 Å². The Bertz CT molecular complexity index is 1260. The molecular weight excluding hydrogens is 454 g/mol. The van der Waals surface area contributed by atoms with E-state index in [0.29, 0.717) is 25.5 Å². The number of rotatable bonds is 6. The molecule has 36 heavy (non-hydrogen) atoms. The summed E-state index contributed by atoms with van der Waals surface area (Å²) in [5.41, 5.74) is 6.20. The van der Waals surface area contributed by atoms with Crippen molar-refractivity contribution in [2.45, 2.75) is 27.7 Å². The van der Waals surface area contributed by atoms with Gasteiger partial charge in [-0.3, -0.25) is 9.69 Å². The molecule has 1 fully saturated rings. The quantitative estimate of drug-likeness (QED) is 0.572. The fourth-order valence-electron chi connectivity index (χ4n) is 5.11. The van der Waals surface area contributed by atoms with E-state index in [9.17, 15) is 4.79 Å². The topological polar surface area (TPSA) is 71.9 Å². The molecule has 0 radical (unpaired) electrons. The first-order chi connectivity index (χ1) is 17.4. The molecule has 190 valence electrons. The van der Waals surface area contributed by atoms with Gasteiger partial charge in [0.15, 0.2) is 11.5 Å². The third-order valence-electron chi connectivity index (χ3n) is 7.28. The van der Waals surface area contributed by atoms with Crippen molar-refractivity contribution in [1.82, 2.24) is 19.8 Å². The Hall–Kier alpha value is -3.52. The molecule has 2 aliphatic rings. The van der Waals surface area contributed by atoms with Crippen LogP contribution in [0.25, 0.3) is 5.69 Å². The predicted octanol–water partition coefficient (Wildman–Crippen LogP) is 3.43. The Labute approximate surface area is 212 Å². The molecule has 0 unspecified atom stereocenters. The second-order valence-electron chi connectivity index (χ2n) is 9.56. The average Bonchev–Trinajstić information content (AvgIpc) is 3.19. The Balaban J connectivity index is 1.16. The zero-order valence-electron chi connectivity index (χ0n) is 21.6. The van der Waals surface area contributed by atoms with Crippen LogP contribution < -0.4 is 19.7 Å². The fraction of sp³-hybridized carbons (Fsp3) is 0.429. The van der Waals surface area contributed by atoms with Gasteiger partial charge in [-0.2, -0.15) is 0 Å². The Morgan fingerprint density at radius 1 is 0.972 bits per heavy atom. The lowest BCUT2D eigenvalue weighted by atomic mass is 10.1. The number of hydrogen-bond donors (Lipinski definition) is 1. The SMILES string of the molecule is Cc1cccc(N2CCN(CCNC(=O)c3nc(C)n(-c4ccc5c(c4)OCCO5)c3C)CC2)c1C. The van der Waals surface area contributed by atoms with Crippen LogP contribution in [0.3, 0.4) is 0 Å². The minimum atomic E-state index is -0.138. The molecule has 0 aliphatic carbocycles. The smallest absolute Gasteiger partial charge is 0.271 e. The molecule has 2 aliphatic heterocycles. The van der Waals surface area contributed by atoms with Gasteiger partial charge in [0.05, 0.1) is 11.4 Å². The Kier molecular flexibility index (Phi) is 6.87. The van der Waals surface area contributed by atoms with Crippen LogP contribution >= 0.6 is 0 Å². The van der Waals surface area contributed by atoms with Crippen molar-refractivity contribution >= 4 is 11.6 Å². The van der Waals surface area contributed by atoms with Gasteiger partial charge in [-0.25, -0.2) is 4.98 Å². The van der Waals surface area contributed by atoms with Crippen molar-refractivity contribution in [2.75, 3.05) is 57.4 Å². The lowest BCUT2D eigenvalue weighted by Gasteiger charge is -2.37. The lowest BCUT2D eigenvalue weighted by Crippen LogP contribution is -2.48. The second kappa shape index (κ2) is 10.2. The molecule has 0 spiro atoms. The number of nitrogens with one attached hydrogen (secondary N) is 1. The number of aromatic nitrogens is 2. The third kappa shape index (κ3) is 4.78. The Morgan fingerprint density at radius 2 is 1.72 bits per heavy atom. The van der Waals surface area contributed by atoms with Crippen LogP contribution in [0.4, 0.5) is 5.69 Å². The molecule has 5 rings (SSSR count). The molecule has 2 aromatic carbocycles. The zero-order chi connectivity index (χ0) is 25.2. The van der Waals surface area contributed by atoms with Gasteiger partial charge in [0.1, 0.15) is 24.7 Å². The maximum absolute atomic E-state index is 13.0. The van der Waals surface area contributed by atoms with Crippen LogP contribution in [-0.2, 0) is 0 Å². The monoisotopic (exact) mass is 489 g/mol. The van der Waals surface area contributed by atoms with E-state index in [1.165, 1.54) is 16.8 Å². The third-order valence-corrected chi connectivity index (χ3v) is 7.28. The number of nitrogens with zero attached hydrogens (tertiary/aromatic N) is 4. The van der Waals surface area contributed by atoms with Gasteiger partial charge < -0.3 is 24.3 Å². The number of carbonyl (C=O) groups excluding carboxylic acids is 1. The summed E-state index contributed by atoms with van der Waals surface area (Å²) in [5.74, 6) is 2.08. The lowest BCUT2D eigenvalue weighted by molar-refractivity contribution is 0.0942. The number of benzene rings is 2. The van der Waals surface area contributed by atoms with Crippen molar-refractivity contribution in [1.29, 1.82) is 0 Å². The van der Waals surface area contributed by atoms with Crippen molar-refractivity contribution in [2.24, 2.45) is 0 Å². The van der Waals surface area contributed by atoms with Crippen molar-refractivity contribution < 1.29 is 14.3 Å². The van der Waals surface area contributed by atoms with Gasteiger partial charge in [0.2, 0.25) is 0 Å². The molecule has 0 atom stereocenters. The highest BCUT2D eigenvalue weighted by molar-refractivity contribution is 5.93. The van der Waals surface area contributed by atoms with Crippen molar-refractivity contribution in [3.63, 3.8) is 0 Å². The largest absolute Gasteiger partial charge is 0.486 e. The molecule has 1 amide bonds. The summed E-state index contributed by atoms with van der Waals surface area (Å²) in [6, 6.07) is 12.3. The minimum Gasteiger partial charge on any atom is -0.486 e. The van der Waals surface area contributed by atoms with Gasteiger partial charge in [0, 0.05) is 51.0 Å². The summed E-state index contributed by atoms with van der Waals surface area (Å²) in [6.07, 6.45) is 0. The van der Waals surface area contributed by atoms with E-state index in [1.807, 2.05) is 36.6 Å². The first-order valence-corrected chi connectivity index (χ1v) is 12.7. The second-order valence-corrected chi connectivity index (χ2v) is 9.56. The number of piperazine rings is 1. The number of imidazole rings is 1. The number of aryl methyl sites for hydroxylation is 2. The summed E-state index contributed by atoms with van der Waals surface area (Å²) < 4.78 is 13.3. The van der Waals surface area contributed by atoms with E-state index in [4.69, 9.17) is 9.47 Å². The number of ether oxygens (including phenoxy) is 2. The van der Waals surface area contributed by atoms with Gasteiger partial charge >= 0.3 is 0 Å². The van der Waals surface area contributed by atoms with E-state index < -0.39 is 0 Å². The molecule has 8 heteroatoms. The first-order valence-electron chi connectivity index (χ1n) is 12.7. The highest BCUT2D eigenvalue weighted by atomic mass is 16.6. The van der Waals surface area contributed by atoms with Crippen molar-refractivity contribution in [3.8, 4) is 17.2 Å². The number of hydrogen-bond acceptors (Lipinski definition) is 6. The minimum absolute atomic E-state index is 0.138. The fourth-order valence-corrected chi connectivity index (χ4v) is 5.11. The Morgan fingerprint density at radius 3 is 2.50 bits per heavy atom. The summed E-state index contributed by atoms with van der Waals surface area (Å²) in [7, 11) is 0. The zero-order valence-corrected chi connectivity index (χ0v) is 21.6. The summed E-state index contributed by atoms with van der Waals surface area (Å²) in [5, 5.41) is 3.07. The van der Waals surface area contributed by atoms with Crippen LogP contribution in [0, 0.1) is 27.7 Å². The highest BCUT2D eigenvalue weighted by Gasteiger charge is 2.22. The summed E-state index contributed by atoms with van der Waals surface area (Å²) >= 11 is 0. The van der Waals surface area contributed by atoms with E-state index >= 15 is 0 Å². The molecule has 1 saturated heterocycles. The van der Waals surface area contributed by atoms with E-state index in [2.05, 4.69) is 52.1 Å². The van der Waals surface area contributed by atoms with E-state index in [-0.39, 0.29) is 5.91 Å². The standard InChI is InChI=1S/C28H35N5O3/c1-19-6-5-7-24(20(19)2)32-14-12-31(13-15-32)11-10-29-28(34)27-21(3)33(22(4)30-27)23-8-9-25-26(18-23)36-17-16-35-25/h5-9,18H,10-17H2,1-4H3,(H,29,34). The molecule has 8 nitrogen and oxygen atoms in total. The van der Waals surface area contributed by atoms with Gasteiger partial charge in [-0.05, 0) is 57.0 Å².